The van der Waals surface area contributed by atoms with Crippen LogP contribution in [0.2, 0.25) is 0 Å². The van der Waals surface area contributed by atoms with Crippen molar-refractivity contribution in [1.82, 2.24) is 0 Å². The summed E-state index contributed by atoms with van der Waals surface area (Å²) in [5.41, 5.74) is 0. The van der Waals surface area contributed by atoms with E-state index in [1.54, 1.807) is 0 Å². The van der Waals surface area contributed by atoms with Gasteiger partial charge in [0.2, 0.25) is 0 Å². The zero-order valence-corrected chi connectivity index (χ0v) is 11.9. The Labute approximate surface area is 124 Å². The number of hydrogen-bond acceptors (Lipinski definition) is 1. The maximum absolute atomic E-state index is 4.80. The summed E-state index contributed by atoms with van der Waals surface area (Å²) < 4.78 is 0. The Morgan fingerprint density at radius 2 is 1.67 bits per heavy atom. The Bertz CT molecular complexity index is 246. The van der Waals surface area contributed by atoms with Crippen LogP contribution in [0.25, 0.3) is 0 Å². The first-order chi connectivity index (χ1) is 5.89. The van der Waals surface area contributed by atoms with Gasteiger partial charge in [0, 0.05) is 0 Å². The monoisotopic (exact) mass is 292 g/mol. The smallest absolute Gasteiger partial charge is 1.00 e. The van der Waals surface area contributed by atoms with Gasteiger partial charge in [0.05, 0.1) is 0 Å². The second-order valence-corrected chi connectivity index (χ2v) is 2.87. The molecule has 0 fully saturated rings. The fraction of sp³-hybridized carbons (Fsp3) is 0.0909. The number of rotatable bonds is 0. The molecule has 0 bridgehead atoms. The molecule has 15 heavy (non-hydrogen) atoms. The van der Waals surface area contributed by atoms with Crippen LogP contribution in [0.15, 0.2) is 53.5 Å². The molecule has 1 aromatic rings. The Balaban J connectivity index is -0.000000160. The number of benzene rings is 1. The standard InChI is InChI=1S/C6H5.C5H6S.2ClH.Ti/c1-2-4-6-5-3-1;6-5-3-1-2-4-5;;;/h1-5H;1-3,6H,4H2;2*1H;/q-1;;;;+4/p-3. The Hall–Kier alpha value is 0.214. The Morgan fingerprint density at radius 3 is 1.80 bits per heavy atom. The summed E-state index contributed by atoms with van der Waals surface area (Å²) in [7, 11) is 0. The van der Waals surface area contributed by atoms with Crippen LogP contribution in [0.3, 0.4) is 0 Å². The first-order valence-electron chi connectivity index (χ1n) is 3.83. The largest absolute Gasteiger partial charge is 4.00 e. The molecular formula is C11H10Cl2STi. The van der Waals surface area contributed by atoms with Gasteiger partial charge in [0.1, 0.15) is 0 Å². The first-order valence-corrected chi connectivity index (χ1v) is 4.24. The fourth-order valence-electron chi connectivity index (χ4n) is 0.770. The van der Waals surface area contributed by atoms with E-state index in [1.807, 2.05) is 42.5 Å². The van der Waals surface area contributed by atoms with Crippen molar-refractivity contribution in [3.8, 4) is 0 Å². The van der Waals surface area contributed by atoms with E-state index in [0.29, 0.717) is 0 Å². The summed E-state index contributed by atoms with van der Waals surface area (Å²) in [5.74, 6) is 0. The van der Waals surface area contributed by atoms with E-state index in [2.05, 4.69) is 12.1 Å². The maximum atomic E-state index is 4.80. The van der Waals surface area contributed by atoms with Gasteiger partial charge in [-0.2, -0.15) is 41.3 Å². The molecule has 0 unspecified atom stereocenters. The van der Waals surface area contributed by atoms with Crippen LogP contribution in [0.4, 0.5) is 0 Å². The molecule has 1 aliphatic carbocycles. The van der Waals surface area contributed by atoms with Crippen molar-refractivity contribution in [1.29, 1.82) is 0 Å². The minimum Gasteiger partial charge on any atom is -1.00 e. The summed E-state index contributed by atoms with van der Waals surface area (Å²) in [4.78, 5) is 1.05. The van der Waals surface area contributed by atoms with Crippen molar-refractivity contribution in [3.63, 3.8) is 0 Å². The Kier molecular flexibility index (Phi) is 19.5. The molecule has 2 rings (SSSR count). The Morgan fingerprint density at radius 1 is 1.07 bits per heavy atom. The van der Waals surface area contributed by atoms with Crippen LogP contribution >= 0.6 is 0 Å². The van der Waals surface area contributed by atoms with E-state index in [-0.39, 0.29) is 46.5 Å². The molecule has 0 heterocycles. The van der Waals surface area contributed by atoms with Crippen molar-refractivity contribution >= 4 is 12.6 Å². The van der Waals surface area contributed by atoms with Crippen LogP contribution in [0.5, 0.6) is 0 Å². The third-order valence-corrected chi connectivity index (χ3v) is 1.65. The molecular weight excluding hydrogens is 283 g/mol. The van der Waals surface area contributed by atoms with Gasteiger partial charge in [-0.05, 0) is 6.42 Å². The summed E-state index contributed by atoms with van der Waals surface area (Å²) in [6.07, 6.45) is 6.98. The second kappa shape index (κ2) is 14.2. The van der Waals surface area contributed by atoms with E-state index >= 15 is 0 Å². The molecule has 0 saturated carbocycles. The third-order valence-electron chi connectivity index (χ3n) is 1.34. The SMILES string of the molecule is [Cl-].[Cl-].[S-]C1=CC=CC1.[Ti+4].[c-]1ccccc1. The second-order valence-electron chi connectivity index (χ2n) is 2.34. The molecule has 4 heteroatoms. The van der Waals surface area contributed by atoms with Gasteiger partial charge in [-0.1, -0.05) is 18.2 Å². The predicted octanol–water partition coefficient (Wildman–Crippen LogP) is -3.13. The molecule has 0 aliphatic heterocycles. The number of allylic oxidation sites excluding steroid dienone is 4. The fourth-order valence-corrected chi connectivity index (χ4v) is 0.944. The molecule has 0 aromatic heterocycles. The number of halogens is 2. The van der Waals surface area contributed by atoms with Crippen molar-refractivity contribution in [3.05, 3.63) is 59.5 Å². The molecule has 0 radical (unpaired) electrons. The van der Waals surface area contributed by atoms with Crippen LogP contribution in [-0.2, 0) is 34.3 Å². The molecule has 0 N–H and O–H groups in total. The van der Waals surface area contributed by atoms with Gasteiger partial charge in [-0.3, -0.25) is 0 Å². The average molecular weight is 293 g/mol. The van der Waals surface area contributed by atoms with E-state index < -0.39 is 0 Å². The molecule has 78 valence electrons. The van der Waals surface area contributed by atoms with Gasteiger partial charge in [-0.25, -0.2) is 0 Å². The van der Waals surface area contributed by atoms with E-state index in [1.165, 1.54) is 0 Å². The van der Waals surface area contributed by atoms with Crippen LogP contribution < -0.4 is 24.8 Å². The van der Waals surface area contributed by atoms with Gasteiger partial charge in [0.15, 0.2) is 0 Å². The molecule has 0 atom stereocenters. The summed E-state index contributed by atoms with van der Waals surface area (Å²) in [6.45, 7) is 0. The van der Waals surface area contributed by atoms with Gasteiger partial charge >= 0.3 is 21.7 Å². The summed E-state index contributed by atoms with van der Waals surface area (Å²) >= 11 is 4.80. The van der Waals surface area contributed by atoms with Gasteiger partial charge in [-0.15, -0.1) is 0 Å². The van der Waals surface area contributed by atoms with Crippen molar-refractivity contribution < 1.29 is 46.5 Å². The number of hydrogen-bond donors (Lipinski definition) is 0. The zero-order valence-electron chi connectivity index (χ0n) is 7.99. The zero-order chi connectivity index (χ0) is 8.65. The average Bonchev–Trinajstić information content (AvgIpc) is 2.60. The van der Waals surface area contributed by atoms with Crippen molar-refractivity contribution in [2.45, 2.75) is 6.42 Å². The van der Waals surface area contributed by atoms with E-state index in [4.69, 9.17) is 12.6 Å². The third kappa shape index (κ3) is 12.1. The first kappa shape index (κ1) is 20.6. The van der Waals surface area contributed by atoms with Gasteiger partial charge < -0.3 is 37.4 Å². The molecule has 0 nitrogen and oxygen atoms in total. The topological polar surface area (TPSA) is 0 Å². The molecule has 1 aliphatic rings. The summed E-state index contributed by atoms with van der Waals surface area (Å²) in [5, 5.41) is 0. The van der Waals surface area contributed by atoms with Crippen LogP contribution in [0, 0.1) is 6.07 Å². The quantitative estimate of drug-likeness (QED) is 0.277. The molecule has 0 saturated heterocycles. The molecule has 1 aromatic carbocycles. The van der Waals surface area contributed by atoms with Gasteiger partial charge in [0.25, 0.3) is 0 Å². The van der Waals surface area contributed by atoms with E-state index in [9.17, 15) is 0 Å². The minimum absolute atomic E-state index is 0. The predicted molar refractivity (Wildman–Crippen MR) is 54.5 cm³/mol. The maximum Gasteiger partial charge on any atom is 4.00 e. The minimum atomic E-state index is 0. The van der Waals surface area contributed by atoms with Crippen LogP contribution in [-0.4, -0.2) is 0 Å². The molecule has 0 amide bonds. The van der Waals surface area contributed by atoms with Crippen molar-refractivity contribution in [2.75, 3.05) is 0 Å². The normalized spacial score (nSPS) is 10.5. The summed E-state index contributed by atoms with van der Waals surface area (Å²) in [6, 6.07) is 12.5. The van der Waals surface area contributed by atoms with E-state index in [0.717, 1.165) is 11.3 Å². The van der Waals surface area contributed by atoms with Crippen LogP contribution in [0.1, 0.15) is 6.42 Å². The molecule has 0 spiro atoms. The van der Waals surface area contributed by atoms with Crippen molar-refractivity contribution in [2.24, 2.45) is 0 Å².